The van der Waals surface area contributed by atoms with Crippen molar-refractivity contribution >= 4 is 17.7 Å². The summed E-state index contributed by atoms with van der Waals surface area (Å²) in [5, 5.41) is 8.51. The molecule has 0 saturated heterocycles. The number of aromatic nitrogens is 2. The molecule has 0 unspecified atom stereocenters. The molecule has 0 aliphatic heterocycles. The molecule has 7 nitrogen and oxygen atoms in total. The van der Waals surface area contributed by atoms with Crippen LogP contribution in [-0.2, 0) is 14.3 Å². The molecule has 1 aromatic carbocycles. The molecule has 8 heteroatoms. The number of thioether (sulfide) groups is 1. The lowest BCUT2D eigenvalue weighted by atomic mass is 9.93. The minimum Gasteiger partial charge on any atom is -0.493 e. The van der Waals surface area contributed by atoms with Gasteiger partial charge < -0.3 is 18.6 Å². The maximum atomic E-state index is 12.4. The normalized spacial score (nSPS) is 12.1. The van der Waals surface area contributed by atoms with Crippen LogP contribution in [0.4, 0.5) is 0 Å². The smallest absolute Gasteiger partial charge is 0.314 e. The number of nitrogens with zero attached hydrogens (tertiary/aromatic N) is 2. The van der Waals surface area contributed by atoms with Crippen LogP contribution in [0.2, 0.25) is 0 Å². The van der Waals surface area contributed by atoms with Gasteiger partial charge in [0.15, 0.2) is 0 Å². The summed E-state index contributed by atoms with van der Waals surface area (Å²) in [6.45, 7) is 18.6. The predicted molar refractivity (Wildman–Crippen MR) is 133 cm³/mol. The van der Waals surface area contributed by atoms with Gasteiger partial charge in [0, 0.05) is 11.0 Å². The molecule has 0 atom stereocenters. The Bertz CT molecular complexity index is 854. The summed E-state index contributed by atoms with van der Waals surface area (Å²) in [5.41, 5.74) is -0.627. The van der Waals surface area contributed by atoms with E-state index in [9.17, 15) is 4.79 Å². The number of rotatable bonds is 10. The van der Waals surface area contributed by atoms with Gasteiger partial charge in [-0.2, -0.15) is 0 Å². The summed E-state index contributed by atoms with van der Waals surface area (Å²) in [4.78, 5) is 12.4. The Morgan fingerprint density at radius 2 is 1.55 bits per heavy atom. The van der Waals surface area contributed by atoms with Crippen LogP contribution in [0.25, 0.3) is 11.5 Å². The molecule has 0 amide bonds. The van der Waals surface area contributed by atoms with Crippen molar-refractivity contribution in [2.24, 2.45) is 10.8 Å². The van der Waals surface area contributed by atoms with Gasteiger partial charge in [0.2, 0.25) is 5.89 Å². The molecule has 2 aromatic rings. The molecule has 0 radical (unpaired) electrons. The zero-order chi connectivity index (χ0) is 25.3. The highest BCUT2D eigenvalue weighted by Crippen LogP contribution is 2.26. The van der Waals surface area contributed by atoms with Gasteiger partial charge in [0.25, 0.3) is 5.22 Å². The number of ether oxygens (including phenoxy) is 3. The molecule has 2 rings (SSSR count). The van der Waals surface area contributed by atoms with E-state index in [1.165, 1.54) is 11.8 Å². The average Bonchev–Trinajstić information content (AvgIpc) is 3.22. The number of benzene rings is 1. The van der Waals surface area contributed by atoms with Crippen LogP contribution in [0.3, 0.4) is 0 Å². The molecule has 186 valence electrons. The van der Waals surface area contributed by atoms with E-state index >= 15 is 0 Å². The molecule has 0 fully saturated rings. The molecular formula is C25H40N2O5S. The Balaban J connectivity index is 0.00000265. The second-order valence-electron chi connectivity index (χ2n) is 9.93. The van der Waals surface area contributed by atoms with E-state index in [1.54, 1.807) is 0 Å². The molecule has 33 heavy (non-hydrogen) atoms. The highest BCUT2D eigenvalue weighted by atomic mass is 32.2. The standard InChI is InChI=1S/C23H34N2O5S.C2H6/c1-21(2,3)30-19(26)23(6,7)15-27-13-22(4,5)14-28-17-11-9-16(10-12-17)18-24-25-20(29-18)31-8;1-2/h9-12H,13-15H2,1-8H3;1-2H3. The molecule has 0 bridgehead atoms. The molecule has 1 aromatic heterocycles. The highest BCUT2D eigenvalue weighted by molar-refractivity contribution is 7.98. The van der Waals surface area contributed by atoms with E-state index in [0.29, 0.717) is 24.3 Å². The van der Waals surface area contributed by atoms with Crippen LogP contribution in [-0.4, -0.2) is 47.8 Å². The number of hydrogen-bond donors (Lipinski definition) is 0. The maximum Gasteiger partial charge on any atom is 0.314 e. The predicted octanol–water partition coefficient (Wildman–Crippen LogP) is 6.27. The van der Waals surface area contributed by atoms with Crippen molar-refractivity contribution in [1.82, 2.24) is 10.2 Å². The number of hydrogen-bond acceptors (Lipinski definition) is 8. The number of carbonyl (C=O) groups is 1. The van der Waals surface area contributed by atoms with Crippen LogP contribution < -0.4 is 4.74 Å². The Labute approximate surface area is 203 Å². The molecule has 0 spiro atoms. The van der Waals surface area contributed by atoms with E-state index in [0.717, 1.165) is 11.3 Å². The minimum atomic E-state index is -0.717. The first kappa shape index (κ1) is 29.0. The first-order valence-corrected chi connectivity index (χ1v) is 12.5. The van der Waals surface area contributed by atoms with Crippen molar-refractivity contribution in [3.63, 3.8) is 0 Å². The van der Waals surface area contributed by atoms with Gasteiger partial charge in [-0.3, -0.25) is 4.79 Å². The number of esters is 1. The van der Waals surface area contributed by atoms with Gasteiger partial charge in [-0.1, -0.05) is 39.5 Å². The van der Waals surface area contributed by atoms with Crippen molar-refractivity contribution in [3.05, 3.63) is 24.3 Å². The van der Waals surface area contributed by atoms with Gasteiger partial charge in [-0.05, 0) is 65.1 Å². The van der Waals surface area contributed by atoms with Crippen molar-refractivity contribution in [1.29, 1.82) is 0 Å². The molecule has 0 aliphatic carbocycles. The Morgan fingerprint density at radius 1 is 0.939 bits per heavy atom. The van der Waals surface area contributed by atoms with Crippen LogP contribution >= 0.6 is 11.8 Å². The second-order valence-corrected chi connectivity index (χ2v) is 10.7. The molecule has 0 saturated carbocycles. The number of carbonyl (C=O) groups excluding carboxylic acids is 1. The summed E-state index contributed by atoms with van der Waals surface area (Å²) in [6.07, 6.45) is 1.89. The molecule has 1 heterocycles. The molecule has 0 N–H and O–H groups in total. The first-order valence-electron chi connectivity index (χ1n) is 11.2. The third-order valence-corrected chi connectivity index (χ3v) is 4.73. The average molecular weight is 481 g/mol. The summed E-state index contributed by atoms with van der Waals surface area (Å²) in [7, 11) is 0. The Hall–Kier alpha value is -2.06. The third-order valence-electron chi connectivity index (χ3n) is 4.22. The zero-order valence-electron chi connectivity index (χ0n) is 21.8. The lowest BCUT2D eigenvalue weighted by Gasteiger charge is -2.30. The SMILES string of the molecule is CC.CSc1nnc(-c2ccc(OCC(C)(C)COCC(C)(C)C(=O)OC(C)(C)C)cc2)o1. The van der Waals surface area contributed by atoms with E-state index < -0.39 is 11.0 Å². The molecular weight excluding hydrogens is 440 g/mol. The van der Waals surface area contributed by atoms with Crippen LogP contribution in [0.1, 0.15) is 62.3 Å². The van der Waals surface area contributed by atoms with E-state index in [-0.39, 0.29) is 18.0 Å². The zero-order valence-corrected chi connectivity index (χ0v) is 22.6. The topological polar surface area (TPSA) is 83.7 Å². The lowest BCUT2D eigenvalue weighted by Crippen LogP contribution is -2.38. The van der Waals surface area contributed by atoms with Crippen LogP contribution in [0.5, 0.6) is 5.75 Å². The summed E-state index contributed by atoms with van der Waals surface area (Å²) in [5.74, 6) is 0.966. The van der Waals surface area contributed by atoms with E-state index in [4.69, 9.17) is 18.6 Å². The van der Waals surface area contributed by atoms with Crippen molar-refractivity contribution < 1.29 is 23.4 Å². The third kappa shape index (κ3) is 10.2. The quantitative estimate of drug-likeness (QED) is 0.290. The monoisotopic (exact) mass is 480 g/mol. The van der Waals surface area contributed by atoms with Crippen molar-refractivity contribution in [2.45, 2.75) is 73.1 Å². The van der Waals surface area contributed by atoms with Gasteiger partial charge >= 0.3 is 5.97 Å². The fraction of sp³-hybridized carbons (Fsp3) is 0.640. The Morgan fingerprint density at radius 3 is 2.06 bits per heavy atom. The van der Waals surface area contributed by atoms with Crippen LogP contribution in [0.15, 0.2) is 33.9 Å². The van der Waals surface area contributed by atoms with Gasteiger partial charge in [0.1, 0.15) is 11.4 Å². The second kappa shape index (κ2) is 12.4. The fourth-order valence-corrected chi connectivity index (χ4v) is 2.77. The van der Waals surface area contributed by atoms with Gasteiger partial charge in [-0.15, -0.1) is 10.2 Å². The van der Waals surface area contributed by atoms with E-state index in [1.807, 2.05) is 79.0 Å². The lowest BCUT2D eigenvalue weighted by molar-refractivity contribution is -0.169. The van der Waals surface area contributed by atoms with Gasteiger partial charge in [0.05, 0.1) is 25.2 Å². The minimum absolute atomic E-state index is 0.234. The van der Waals surface area contributed by atoms with Crippen molar-refractivity contribution in [2.75, 3.05) is 26.1 Å². The Kier molecular flexibility index (Phi) is 10.9. The van der Waals surface area contributed by atoms with Crippen LogP contribution in [0, 0.1) is 10.8 Å². The fourth-order valence-electron chi connectivity index (χ4n) is 2.48. The summed E-state index contributed by atoms with van der Waals surface area (Å²) >= 11 is 1.41. The highest BCUT2D eigenvalue weighted by Gasteiger charge is 2.33. The van der Waals surface area contributed by atoms with Crippen molar-refractivity contribution in [3.8, 4) is 17.2 Å². The largest absolute Gasteiger partial charge is 0.493 e. The maximum absolute atomic E-state index is 12.4. The van der Waals surface area contributed by atoms with Gasteiger partial charge in [-0.25, -0.2) is 0 Å². The summed E-state index contributed by atoms with van der Waals surface area (Å²) < 4.78 is 22.8. The first-order chi connectivity index (χ1) is 15.3. The van der Waals surface area contributed by atoms with E-state index in [2.05, 4.69) is 24.0 Å². The summed E-state index contributed by atoms with van der Waals surface area (Å²) in [6, 6.07) is 7.53. The molecule has 0 aliphatic rings.